The Hall–Kier alpha value is -1.36. The molecule has 5 heteroatoms. The SMILES string of the molecule is CCOc1ccnc(NCC[C@H]2CCCCN2C2CCCC2)n1. The van der Waals surface area contributed by atoms with Crippen molar-refractivity contribution in [1.29, 1.82) is 0 Å². The van der Waals surface area contributed by atoms with Crippen LogP contribution in [-0.2, 0) is 0 Å². The van der Waals surface area contributed by atoms with Crippen LogP contribution in [-0.4, -0.2) is 46.6 Å². The van der Waals surface area contributed by atoms with Crippen LogP contribution in [0, 0.1) is 0 Å². The molecule has 3 rings (SSSR count). The van der Waals surface area contributed by atoms with Crippen molar-refractivity contribution >= 4 is 5.95 Å². The molecule has 1 N–H and O–H groups in total. The summed E-state index contributed by atoms with van der Waals surface area (Å²) in [6.07, 6.45) is 12.7. The number of hydrogen-bond acceptors (Lipinski definition) is 5. The van der Waals surface area contributed by atoms with E-state index in [1.807, 2.05) is 6.92 Å². The third-order valence-electron chi connectivity index (χ3n) is 5.15. The van der Waals surface area contributed by atoms with Gasteiger partial charge in [0.2, 0.25) is 11.8 Å². The first-order valence-electron chi connectivity index (χ1n) is 9.32. The lowest BCUT2D eigenvalue weighted by Crippen LogP contribution is -2.45. The first-order chi connectivity index (χ1) is 11.4. The minimum Gasteiger partial charge on any atom is -0.478 e. The van der Waals surface area contributed by atoms with Gasteiger partial charge >= 0.3 is 0 Å². The van der Waals surface area contributed by atoms with Gasteiger partial charge in [0.25, 0.3) is 0 Å². The Labute approximate surface area is 139 Å². The van der Waals surface area contributed by atoms with Gasteiger partial charge in [0.05, 0.1) is 6.61 Å². The zero-order valence-corrected chi connectivity index (χ0v) is 14.3. The monoisotopic (exact) mass is 318 g/mol. The second kappa shape index (κ2) is 8.48. The highest BCUT2D eigenvalue weighted by molar-refractivity contribution is 5.27. The van der Waals surface area contributed by atoms with E-state index >= 15 is 0 Å². The molecule has 0 bridgehead atoms. The summed E-state index contributed by atoms with van der Waals surface area (Å²) in [5, 5.41) is 3.37. The van der Waals surface area contributed by atoms with E-state index in [4.69, 9.17) is 4.74 Å². The Morgan fingerprint density at radius 2 is 2.04 bits per heavy atom. The van der Waals surface area contributed by atoms with E-state index in [2.05, 4.69) is 20.2 Å². The van der Waals surface area contributed by atoms with Crippen molar-refractivity contribution in [2.24, 2.45) is 0 Å². The number of ether oxygens (including phenoxy) is 1. The molecule has 0 radical (unpaired) electrons. The largest absolute Gasteiger partial charge is 0.478 e. The average molecular weight is 318 g/mol. The van der Waals surface area contributed by atoms with Crippen molar-refractivity contribution < 1.29 is 4.74 Å². The highest BCUT2D eigenvalue weighted by atomic mass is 16.5. The number of nitrogens with one attached hydrogen (secondary N) is 1. The van der Waals surface area contributed by atoms with Gasteiger partial charge in [-0.3, -0.25) is 4.90 Å². The van der Waals surface area contributed by atoms with Crippen molar-refractivity contribution in [1.82, 2.24) is 14.9 Å². The summed E-state index contributed by atoms with van der Waals surface area (Å²) < 4.78 is 5.43. The summed E-state index contributed by atoms with van der Waals surface area (Å²) >= 11 is 0. The summed E-state index contributed by atoms with van der Waals surface area (Å²) in [4.78, 5) is 11.5. The zero-order valence-electron chi connectivity index (χ0n) is 14.3. The lowest BCUT2D eigenvalue weighted by Gasteiger charge is -2.40. The minimum atomic E-state index is 0.634. The molecule has 1 saturated heterocycles. The number of nitrogens with zero attached hydrogens (tertiary/aromatic N) is 3. The molecule has 1 aromatic rings. The third-order valence-corrected chi connectivity index (χ3v) is 5.15. The third kappa shape index (κ3) is 4.56. The highest BCUT2D eigenvalue weighted by Crippen LogP contribution is 2.30. The average Bonchev–Trinajstić information content (AvgIpc) is 3.10. The van der Waals surface area contributed by atoms with Crippen LogP contribution in [0.4, 0.5) is 5.95 Å². The van der Waals surface area contributed by atoms with Crippen LogP contribution in [0.15, 0.2) is 12.3 Å². The molecule has 23 heavy (non-hydrogen) atoms. The number of hydrogen-bond donors (Lipinski definition) is 1. The first kappa shape index (κ1) is 16.5. The molecule has 1 aromatic heterocycles. The number of likely N-dealkylation sites (tertiary alicyclic amines) is 1. The molecule has 1 atom stereocenters. The van der Waals surface area contributed by atoms with Crippen molar-refractivity contribution in [3.63, 3.8) is 0 Å². The van der Waals surface area contributed by atoms with Crippen molar-refractivity contribution in [3.8, 4) is 5.88 Å². The Morgan fingerprint density at radius 1 is 1.22 bits per heavy atom. The fraction of sp³-hybridized carbons (Fsp3) is 0.778. The van der Waals surface area contributed by atoms with E-state index in [-0.39, 0.29) is 0 Å². The van der Waals surface area contributed by atoms with Gasteiger partial charge in [-0.05, 0) is 45.6 Å². The summed E-state index contributed by atoms with van der Waals surface area (Å²) in [5.74, 6) is 1.33. The van der Waals surface area contributed by atoms with Crippen LogP contribution in [0.2, 0.25) is 0 Å². The normalized spacial score (nSPS) is 23.1. The summed E-state index contributed by atoms with van der Waals surface area (Å²) in [7, 11) is 0. The molecule has 1 aliphatic heterocycles. The van der Waals surface area contributed by atoms with Gasteiger partial charge in [0, 0.05) is 30.9 Å². The lowest BCUT2D eigenvalue weighted by atomic mass is 9.96. The highest BCUT2D eigenvalue weighted by Gasteiger charge is 2.30. The van der Waals surface area contributed by atoms with Crippen LogP contribution in [0.25, 0.3) is 0 Å². The van der Waals surface area contributed by atoms with Gasteiger partial charge < -0.3 is 10.1 Å². The lowest BCUT2D eigenvalue weighted by molar-refractivity contribution is 0.0933. The zero-order chi connectivity index (χ0) is 15.9. The van der Waals surface area contributed by atoms with Crippen LogP contribution < -0.4 is 10.1 Å². The van der Waals surface area contributed by atoms with E-state index in [0.29, 0.717) is 18.4 Å². The van der Waals surface area contributed by atoms with Crippen LogP contribution in [0.3, 0.4) is 0 Å². The number of anilines is 1. The second-order valence-corrected chi connectivity index (χ2v) is 6.69. The van der Waals surface area contributed by atoms with E-state index < -0.39 is 0 Å². The molecule has 0 amide bonds. The van der Waals surface area contributed by atoms with Gasteiger partial charge in [0.15, 0.2) is 0 Å². The molecule has 0 aromatic carbocycles. The Bertz CT molecular complexity index is 476. The van der Waals surface area contributed by atoms with Gasteiger partial charge in [-0.15, -0.1) is 0 Å². The Kier molecular flexibility index (Phi) is 6.08. The smallest absolute Gasteiger partial charge is 0.225 e. The van der Waals surface area contributed by atoms with Gasteiger partial charge in [-0.2, -0.15) is 4.98 Å². The minimum absolute atomic E-state index is 0.634. The molecule has 0 spiro atoms. The molecular formula is C18H30N4O. The van der Waals surface area contributed by atoms with Crippen LogP contribution in [0.1, 0.15) is 58.3 Å². The topological polar surface area (TPSA) is 50.3 Å². The van der Waals surface area contributed by atoms with Crippen molar-refractivity contribution in [2.45, 2.75) is 70.4 Å². The Balaban J connectivity index is 1.49. The fourth-order valence-electron chi connectivity index (χ4n) is 4.06. The van der Waals surface area contributed by atoms with Gasteiger partial charge in [-0.1, -0.05) is 19.3 Å². The van der Waals surface area contributed by atoms with E-state index in [1.54, 1.807) is 12.3 Å². The van der Waals surface area contributed by atoms with Gasteiger partial charge in [-0.25, -0.2) is 4.98 Å². The molecule has 1 aliphatic carbocycles. The number of rotatable bonds is 7. The van der Waals surface area contributed by atoms with Crippen molar-refractivity contribution in [3.05, 3.63) is 12.3 Å². The van der Waals surface area contributed by atoms with E-state index in [9.17, 15) is 0 Å². The molecule has 2 fully saturated rings. The Morgan fingerprint density at radius 3 is 2.87 bits per heavy atom. The number of piperidine rings is 1. The van der Waals surface area contributed by atoms with Crippen LogP contribution in [0.5, 0.6) is 5.88 Å². The molecule has 1 saturated carbocycles. The predicted molar refractivity (Wildman–Crippen MR) is 92.9 cm³/mol. The molecule has 2 heterocycles. The fourth-order valence-corrected chi connectivity index (χ4v) is 4.06. The maximum Gasteiger partial charge on any atom is 0.225 e. The standard InChI is InChI=1S/C18H30N4O/c1-2-23-17-11-13-20-18(21-17)19-12-10-16-9-5-6-14-22(16)15-7-3-4-8-15/h11,13,15-16H,2-10,12,14H2,1H3,(H,19,20,21)/t16-/m1/s1. The maximum absolute atomic E-state index is 5.43. The summed E-state index contributed by atoms with van der Waals surface area (Å²) in [6.45, 7) is 4.83. The molecule has 0 unspecified atom stereocenters. The molecule has 128 valence electrons. The molecule has 2 aliphatic rings. The quantitative estimate of drug-likeness (QED) is 0.834. The van der Waals surface area contributed by atoms with Crippen LogP contribution >= 0.6 is 0 Å². The maximum atomic E-state index is 5.43. The van der Waals surface area contributed by atoms with Crippen molar-refractivity contribution in [2.75, 3.05) is 25.0 Å². The molecule has 5 nitrogen and oxygen atoms in total. The summed E-state index contributed by atoms with van der Waals surface area (Å²) in [6, 6.07) is 3.38. The van der Waals surface area contributed by atoms with Gasteiger partial charge in [0.1, 0.15) is 0 Å². The van der Waals surface area contributed by atoms with E-state index in [0.717, 1.165) is 18.6 Å². The second-order valence-electron chi connectivity index (χ2n) is 6.69. The molecular weight excluding hydrogens is 288 g/mol. The predicted octanol–water partition coefficient (Wildman–Crippen LogP) is 3.47. The first-order valence-corrected chi connectivity index (χ1v) is 9.32. The summed E-state index contributed by atoms with van der Waals surface area (Å²) in [5.41, 5.74) is 0. The van der Waals surface area contributed by atoms with E-state index in [1.165, 1.54) is 57.9 Å². The number of aromatic nitrogens is 2.